The fourth-order valence-electron chi connectivity index (χ4n) is 4.26. The van der Waals surface area contributed by atoms with Gasteiger partial charge in [-0.25, -0.2) is 9.59 Å². The third-order valence-electron chi connectivity index (χ3n) is 6.20. The van der Waals surface area contributed by atoms with Crippen LogP contribution in [0, 0.1) is 17.2 Å². The van der Waals surface area contributed by atoms with Crippen molar-refractivity contribution in [1.29, 1.82) is 5.26 Å². The quantitative estimate of drug-likeness (QED) is 0.584. The second kappa shape index (κ2) is 9.90. The monoisotopic (exact) mass is 490 g/mol. The maximum Gasteiger partial charge on any atom is 0.419 e. The number of aromatic nitrogens is 1. The zero-order chi connectivity index (χ0) is 26.0. The first kappa shape index (κ1) is 25.0. The van der Waals surface area contributed by atoms with Crippen molar-refractivity contribution in [3.63, 3.8) is 0 Å². The Kier molecular flexibility index (Phi) is 6.88. The number of carbonyl (C=O) groups excluding carboxylic acids is 2. The van der Waals surface area contributed by atoms with E-state index in [1.54, 1.807) is 33.9 Å². The highest BCUT2D eigenvalue weighted by Crippen LogP contribution is 2.25. The summed E-state index contributed by atoms with van der Waals surface area (Å²) in [6, 6.07) is 14.8. The highest BCUT2D eigenvalue weighted by molar-refractivity contribution is 5.82. The van der Waals surface area contributed by atoms with Gasteiger partial charge in [-0.05, 0) is 56.0 Å². The first-order valence-electron chi connectivity index (χ1n) is 11.9. The molecule has 4 rings (SSSR count). The molecule has 0 saturated carbocycles. The Morgan fingerprint density at radius 1 is 1.19 bits per heavy atom. The van der Waals surface area contributed by atoms with Gasteiger partial charge in [0, 0.05) is 26.6 Å². The van der Waals surface area contributed by atoms with Gasteiger partial charge in [-0.1, -0.05) is 30.3 Å². The van der Waals surface area contributed by atoms with Crippen LogP contribution in [0.3, 0.4) is 0 Å². The summed E-state index contributed by atoms with van der Waals surface area (Å²) in [5.41, 5.74) is 3.46. The number of hydrogen-bond donors (Lipinski definition) is 1. The average Bonchev–Trinajstić information content (AvgIpc) is 3.43. The molecule has 1 unspecified atom stereocenters. The van der Waals surface area contributed by atoms with Crippen molar-refractivity contribution >= 4 is 23.1 Å². The van der Waals surface area contributed by atoms with E-state index in [-0.39, 0.29) is 18.4 Å². The Balaban J connectivity index is 1.36. The van der Waals surface area contributed by atoms with E-state index in [0.717, 1.165) is 16.7 Å². The second-order valence-electron chi connectivity index (χ2n) is 10.1. The van der Waals surface area contributed by atoms with Crippen molar-refractivity contribution in [2.45, 2.75) is 45.3 Å². The van der Waals surface area contributed by atoms with Gasteiger partial charge < -0.3 is 19.4 Å². The smallest absolute Gasteiger partial charge is 0.419 e. The van der Waals surface area contributed by atoms with E-state index in [2.05, 4.69) is 11.4 Å². The van der Waals surface area contributed by atoms with Gasteiger partial charge >= 0.3 is 11.8 Å². The van der Waals surface area contributed by atoms with E-state index in [4.69, 9.17) is 9.15 Å². The molecule has 1 saturated heterocycles. The third-order valence-corrected chi connectivity index (χ3v) is 6.20. The van der Waals surface area contributed by atoms with E-state index in [0.29, 0.717) is 30.5 Å². The number of likely N-dealkylation sites (tertiary alicyclic amines) is 1. The minimum absolute atomic E-state index is 0.233. The van der Waals surface area contributed by atoms with Crippen LogP contribution in [0.1, 0.15) is 32.8 Å². The number of carbonyl (C=O) groups is 2. The Morgan fingerprint density at radius 3 is 2.56 bits per heavy atom. The molecule has 188 valence electrons. The number of ether oxygens (including phenoxy) is 1. The van der Waals surface area contributed by atoms with Crippen molar-refractivity contribution in [3.8, 4) is 17.2 Å². The van der Waals surface area contributed by atoms with Crippen LogP contribution in [-0.2, 0) is 23.0 Å². The number of nitriles is 1. The predicted molar refractivity (Wildman–Crippen MR) is 134 cm³/mol. The number of nitrogens with zero attached hydrogens (tertiary/aromatic N) is 3. The molecule has 3 aromatic rings. The van der Waals surface area contributed by atoms with Crippen molar-refractivity contribution in [3.05, 3.63) is 58.6 Å². The third kappa shape index (κ3) is 5.60. The molecule has 1 aromatic heterocycles. The van der Waals surface area contributed by atoms with E-state index >= 15 is 0 Å². The van der Waals surface area contributed by atoms with Crippen LogP contribution in [0.2, 0.25) is 0 Å². The Morgan fingerprint density at radius 2 is 1.89 bits per heavy atom. The molecule has 1 N–H and O–H groups in total. The molecular formula is C27H30N4O5. The number of nitrogens with one attached hydrogen (secondary N) is 1. The number of benzene rings is 2. The van der Waals surface area contributed by atoms with Gasteiger partial charge in [0.05, 0.1) is 17.5 Å². The fourth-order valence-corrected chi connectivity index (χ4v) is 4.26. The fraction of sp³-hybridized carbons (Fsp3) is 0.407. The molecule has 2 atom stereocenters. The van der Waals surface area contributed by atoms with Crippen LogP contribution in [0.4, 0.5) is 4.79 Å². The summed E-state index contributed by atoms with van der Waals surface area (Å²) < 4.78 is 12.0. The highest BCUT2D eigenvalue weighted by atomic mass is 16.6. The standard InChI is InChI=1S/C27H30N4O5/c1-27(2,3)36-26(34)31-12-11-20(16-31)24(32)29-21(15-28)13-17-5-7-18(8-6-17)19-9-10-23-22(14-19)30(4)25(33)35-23/h5-10,14,20-21H,11-13,16H2,1-4H3,(H,29,32)/t20?,21-/m0/s1. The van der Waals surface area contributed by atoms with Crippen LogP contribution < -0.4 is 11.1 Å². The van der Waals surface area contributed by atoms with E-state index in [1.165, 1.54) is 9.47 Å². The van der Waals surface area contributed by atoms with Crippen LogP contribution in [0.15, 0.2) is 51.7 Å². The normalized spacial score (nSPS) is 16.5. The van der Waals surface area contributed by atoms with Crippen molar-refractivity contribution < 1.29 is 18.7 Å². The van der Waals surface area contributed by atoms with Crippen molar-refractivity contribution in [1.82, 2.24) is 14.8 Å². The van der Waals surface area contributed by atoms with Gasteiger partial charge in [-0.3, -0.25) is 9.36 Å². The summed E-state index contributed by atoms with van der Waals surface area (Å²) in [6.45, 7) is 6.13. The molecule has 9 nitrogen and oxygen atoms in total. The molecule has 1 aliphatic heterocycles. The molecule has 2 aromatic carbocycles. The molecular weight excluding hydrogens is 460 g/mol. The summed E-state index contributed by atoms with van der Waals surface area (Å²) in [4.78, 5) is 38.3. The van der Waals surface area contributed by atoms with Crippen molar-refractivity contribution in [2.24, 2.45) is 13.0 Å². The lowest BCUT2D eigenvalue weighted by atomic mass is 10.00. The largest absolute Gasteiger partial charge is 0.444 e. The molecule has 0 aliphatic carbocycles. The second-order valence-corrected chi connectivity index (χ2v) is 10.1. The van der Waals surface area contributed by atoms with Crippen LogP contribution in [0.5, 0.6) is 0 Å². The summed E-state index contributed by atoms with van der Waals surface area (Å²) in [7, 11) is 1.66. The lowest BCUT2D eigenvalue weighted by Gasteiger charge is -2.24. The number of oxazole rings is 1. The van der Waals surface area contributed by atoms with Gasteiger partial charge in [0.1, 0.15) is 11.6 Å². The highest BCUT2D eigenvalue weighted by Gasteiger charge is 2.34. The van der Waals surface area contributed by atoms with Gasteiger partial charge in [-0.2, -0.15) is 5.26 Å². The zero-order valence-electron chi connectivity index (χ0n) is 20.9. The minimum Gasteiger partial charge on any atom is -0.444 e. The lowest BCUT2D eigenvalue weighted by molar-refractivity contribution is -0.124. The van der Waals surface area contributed by atoms with Crippen LogP contribution in [0.25, 0.3) is 22.2 Å². The van der Waals surface area contributed by atoms with E-state index in [1.807, 2.05) is 36.4 Å². The molecule has 9 heteroatoms. The molecule has 2 amide bonds. The Hall–Kier alpha value is -4.06. The number of rotatable bonds is 5. The summed E-state index contributed by atoms with van der Waals surface area (Å²) in [6.07, 6.45) is 0.467. The first-order valence-corrected chi connectivity index (χ1v) is 11.9. The van der Waals surface area contributed by atoms with E-state index < -0.39 is 23.5 Å². The van der Waals surface area contributed by atoms with Crippen LogP contribution >= 0.6 is 0 Å². The van der Waals surface area contributed by atoms with Gasteiger partial charge in [0.25, 0.3) is 0 Å². The first-order chi connectivity index (χ1) is 17.0. The number of aryl methyl sites for hydroxylation is 1. The number of amides is 2. The zero-order valence-corrected chi connectivity index (χ0v) is 20.9. The summed E-state index contributed by atoms with van der Waals surface area (Å²) in [5.74, 6) is -1.01. The van der Waals surface area contributed by atoms with Crippen molar-refractivity contribution in [2.75, 3.05) is 13.1 Å². The minimum atomic E-state index is -0.685. The van der Waals surface area contributed by atoms with Gasteiger partial charge in [0.15, 0.2) is 5.58 Å². The topological polar surface area (TPSA) is 118 Å². The van der Waals surface area contributed by atoms with Gasteiger partial charge in [-0.15, -0.1) is 0 Å². The van der Waals surface area contributed by atoms with Gasteiger partial charge in [0.2, 0.25) is 5.91 Å². The molecule has 2 heterocycles. The predicted octanol–water partition coefficient (Wildman–Crippen LogP) is 3.61. The maximum atomic E-state index is 12.8. The van der Waals surface area contributed by atoms with E-state index in [9.17, 15) is 19.6 Å². The maximum absolute atomic E-state index is 12.8. The van der Waals surface area contributed by atoms with Crippen LogP contribution in [-0.4, -0.2) is 46.2 Å². The number of fused-ring (bicyclic) bond motifs is 1. The molecule has 36 heavy (non-hydrogen) atoms. The molecule has 0 bridgehead atoms. The lowest BCUT2D eigenvalue weighted by Crippen LogP contribution is -2.41. The number of hydrogen-bond acceptors (Lipinski definition) is 6. The summed E-state index contributed by atoms with van der Waals surface area (Å²) >= 11 is 0. The molecule has 1 fully saturated rings. The molecule has 1 aliphatic rings. The Labute approximate surface area is 209 Å². The Bertz CT molecular complexity index is 1370. The summed E-state index contributed by atoms with van der Waals surface area (Å²) in [5, 5.41) is 12.4. The SMILES string of the molecule is Cn1c(=O)oc2ccc(-c3ccc(C[C@@H](C#N)NC(=O)C4CCN(C(=O)OC(C)(C)C)C4)cc3)cc21. The molecule has 0 radical (unpaired) electrons. The molecule has 0 spiro atoms. The average molecular weight is 491 g/mol.